The summed E-state index contributed by atoms with van der Waals surface area (Å²) in [6, 6.07) is 0.883. The number of piperidine rings is 1. The molecule has 2 heteroatoms. The van der Waals surface area contributed by atoms with Gasteiger partial charge in [0, 0.05) is 12.6 Å². The molecule has 2 atom stereocenters. The molecule has 2 saturated heterocycles. The van der Waals surface area contributed by atoms with Crippen LogP contribution in [0.15, 0.2) is 0 Å². The summed E-state index contributed by atoms with van der Waals surface area (Å²) in [5.41, 5.74) is 0. The largest absolute Gasteiger partial charge is 0.305 e. The van der Waals surface area contributed by atoms with Crippen molar-refractivity contribution in [2.24, 2.45) is 5.92 Å². The molecule has 0 aliphatic carbocycles. The van der Waals surface area contributed by atoms with Crippen molar-refractivity contribution in [3.8, 4) is 0 Å². The highest BCUT2D eigenvalue weighted by atomic mass is 15.2. The Bertz CT molecular complexity index is 152. The lowest BCUT2D eigenvalue weighted by molar-refractivity contribution is 0.127. The first kappa shape index (κ1) is 12.0. The highest BCUT2D eigenvalue weighted by Gasteiger charge is 2.36. The molecule has 0 amide bonds. The molecule has 2 rings (SSSR count). The van der Waals surface area contributed by atoms with Gasteiger partial charge in [-0.05, 0) is 45.4 Å². The fourth-order valence-electron chi connectivity index (χ4n) is 2.78. The molecule has 0 aromatic heterocycles. The second-order valence-electron chi connectivity index (χ2n) is 4.30. The van der Waals surface area contributed by atoms with Gasteiger partial charge in [0.15, 0.2) is 0 Å². The van der Waals surface area contributed by atoms with E-state index in [1.54, 1.807) is 0 Å². The lowest BCUT2D eigenvalue weighted by atomic mass is 9.92. The molecule has 0 saturated carbocycles. The van der Waals surface area contributed by atoms with Crippen LogP contribution in [0.25, 0.3) is 0 Å². The van der Waals surface area contributed by atoms with Gasteiger partial charge >= 0.3 is 0 Å². The first-order valence-corrected chi connectivity index (χ1v) is 6.24. The highest BCUT2D eigenvalue weighted by molar-refractivity contribution is 4.91. The Kier molecular flexibility index (Phi) is 4.90. The van der Waals surface area contributed by atoms with Gasteiger partial charge in [-0.3, -0.25) is 4.90 Å². The molecule has 2 heterocycles. The second kappa shape index (κ2) is 5.72. The molecule has 0 bridgehead atoms. The van der Waals surface area contributed by atoms with Crippen LogP contribution in [0.2, 0.25) is 0 Å². The topological polar surface area (TPSA) is 6.48 Å². The molecule has 2 aliphatic heterocycles. The summed E-state index contributed by atoms with van der Waals surface area (Å²) in [5, 5.41) is 0. The summed E-state index contributed by atoms with van der Waals surface area (Å²) in [7, 11) is 2.25. The number of rotatable bonds is 1. The van der Waals surface area contributed by atoms with Crippen LogP contribution >= 0.6 is 0 Å². The Morgan fingerprint density at radius 3 is 2.43 bits per heavy atom. The molecule has 2 aliphatic rings. The lowest BCUT2D eigenvalue weighted by Crippen LogP contribution is -2.46. The van der Waals surface area contributed by atoms with Crippen LogP contribution in [0.4, 0.5) is 0 Å². The zero-order valence-electron chi connectivity index (χ0n) is 10.3. The Balaban J connectivity index is 0.000000461. The average molecular weight is 198 g/mol. The maximum absolute atomic E-state index is 2.65. The zero-order chi connectivity index (χ0) is 10.6. The molecule has 2 fully saturated rings. The van der Waals surface area contributed by atoms with Crippen LogP contribution in [0.1, 0.15) is 33.6 Å². The standard InChI is InChI=1S/C10H20N2.C2H6/c1-3-12-7-5-9-4-6-11(2)8-10(9)12;1-2/h9-10H,3-8H2,1-2H3;1-2H3. The van der Waals surface area contributed by atoms with Gasteiger partial charge in [0.1, 0.15) is 0 Å². The minimum atomic E-state index is 0.883. The fourth-order valence-corrected chi connectivity index (χ4v) is 2.78. The first-order valence-electron chi connectivity index (χ1n) is 6.24. The molecule has 0 spiro atoms. The fraction of sp³-hybridized carbons (Fsp3) is 1.00. The summed E-state index contributed by atoms with van der Waals surface area (Å²) < 4.78 is 0. The highest BCUT2D eigenvalue weighted by Crippen LogP contribution is 2.30. The minimum absolute atomic E-state index is 0.883. The average Bonchev–Trinajstić information content (AvgIpc) is 2.63. The first-order chi connectivity index (χ1) is 6.81. The van der Waals surface area contributed by atoms with E-state index in [-0.39, 0.29) is 0 Å². The molecule has 0 aromatic rings. The summed E-state index contributed by atoms with van der Waals surface area (Å²) in [5.74, 6) is 1.01. The summed E-state index contributed by atoms with van der Waals surface area (Å²) in [6.07, 6.45) is 2.88. The van der Waals surface area contributed by atoms with Gasteiger partial charge in [0.2, 0.25) is 0 Å². The summed E-state index contributed by atoms with van der Waals surface area (Å²) >= 11 is 0. The van der Waals surface area contributed by atoms with Crippen molar-refractivity contribution in [1.29, 1.82) is 0 Å². The maximum atomic E-state index is 2.65. The molecular formula is C12H26N2. The van der Waals surface area contributed by atoms with Gasteiger partial charge in [-0.1, -0.05) is 20.8 Å². The minimum Gasteiger partial charge on any atom is -0.305 e. The van der Waals surface area contributed by atoms with Crippen molar-refractivity contribution in [2.75, 3.05) is 33.2 Å². The van der Waals surface area contributed by atoms with E-state index >= 15 is 0 Å². The van der Waals surface area contributed by atoms with Gasteiger partial charge in [-0.2, -0.15) is 0 Å². The number of likely N-dealkylation sites (tertiary alicyclic amines) is 2. The van der Waals surface area contributed by atoms with Crippen molar-refractivity contribution in [1.82, 2.24) is 9.80 Å². The smallest absolute Gasteiger partial charge is 0.0252 e. The van der Waals surface area contributed by atoms with E-state index in [0.29, 0.717) is 0 Å². The van der Waals surface area contributed by atoms with Gasteiger partial charge in [-0.15, -0.1) is 0 Å². The van der Waals surface area contributed by atoms with Gasteiger partial charge in [0.25, 0.3) is 0 Å². The monoisotopic (exact) mass is 198 g/mol. The zero-order valence-corrected chi connectivity index (χ0v) is 10.3. The molecule has 0 N–H and O–H groups in total. The summed E-state index contributed by atoms with van der Waals surface area (Å²) in [4.78, 5) is 5.13. The van der Waals surface area contributed by atoms with Crippen molar-refractivity contribution >= 4 is 0 Å². The van der Waals surface area contributed by atoms with E-state index in [4.69, 9.17) is 0 Å². The van der Waals surface area contributed by atoms with Crippen molar-refractivity contribution in [2.45, 2.75) is 39.7 Å². The van der Waals surface area contributed by atoms with E-state index in [1.165, 1.54) is 39.0 Å². The third-order valence-corrected chi connectivity index (χ3v) is 3.59. The third-order valence-electron chi connectivity index (χ3n) is 3.59. The van der Waals surface area contributed by atoms with Gasteiger partial charge in [-0.25, -0.2) is 0 Å². The maximum Gasteiger partial charge on any atom is 0.0252 e. The quantitative estimate of drug-likeness (QED) is 0.636. The van der Waals surface area contributed by atoms with Crippen molar-refractivity contribution < 1.29 is 0 Å². The molecular weight excluding hydrogens is 172 g/mol. The Hall–Kier alpha value is -0.0800. The summed E-state index contributed by atoms with van der Waals surface area (Å²) in [6.45, 7) is 11.5. The predicted molar refractivity (Wildman–Crippen MR) is 62.6 cm³/mol. The Morgan fingerprint density at radius 1 is 1.14 bits per heavy atom. The van der Waals surface area contributed by atoms with E-state index in [0.717, 1.165) is 12.0 Å². The molecule has 0 radical (unpaired) electrons. The number of fused-ring (bicyclic) bond motifs is 1. The lowest BCUT2D eigenvalue weighted by Gasteiger charge is -2.36. The normalized spacial score (nSPS) is 33.4. The molecule has 14 heavy (non-hydrogen) atoms. The van der Waals surface area contributed by atoms with E-state index in [9.17, 15) is 0 Å². The number of nitrogens with zero attached hydrogens (tertiary/aromatic N) is 2. The number of likely N-dealkylation sites (N-methyl/N-ethyl adjacent to an activating group) is 2. The Labute approximate surface area is 89.3 Å². The number of hydrogen-bond donors (Lipinski definition) is 0. The SMILES string of the molecule is CC.CCN1CCC2CCN(C)CC21. The second-order valence-corrected chi connectivity index (χ2v) is 4.30. The van der Waals surface area contributed by atoms with Crippen LogP contribution in [0.3, 0.4) is 0 Å². The van der Waals surface area contributed by atoms with Crippen LogP contribution in [-0.2, 0) is 0 Å². The van der Waals surface area contributed by atoms with Crippen LogP contribution in [0.5, 0.6) is 0 Å². The van der Waals surface area contributed by atoms with Crippen molar-refractivity contribution in [3.05, 3.63) is 0 Å². The van der Waals surface area contributed by atoms with E-state index in [2.05, 4.69) is 23.8 Å². The predicted octanol–water partition coefficient (Wildman–Crippen LogP) is 2.06. The van der Waals surface area contributed by atoms with Crippen LogP contribution in [-0.4, -0.2) is 49.1 Å². The number of hydrogen-bond acceptors (Lipinski definition) is 2. The van der Waals surface area contributed by atoms with Crippen LogP contribution in [0, 0.1) is 5.92 Å². The molecule has 2 nitrogen and oxygen atoms in total. The van der Waals surface area contributed by atoms with Gasteiger partial charge < -0.3 is 4.90 Å². The third kappa shape index (κ3) is 2.48. The van der Waals surface area contributed by atoms with Crippen LogP contribution < -0.4 is 0 Å². The Morgan fingerprint density at radius 2 is 1.79 bits per heavy atom. The van der Waals surface area contributed by atoms with Gasteiger partial charge in [0.05, 0.1) is 0 Å². The molecule has 0 aromatic carbocycles. The molecule has 84 valence electrons. The molecule has 2 unspecified atom stereocenters. The van der Waals surface area contributed by atoms with E-state index < -0.39 is 0 Å². The van der Waals surface area contributed by atoms with Crippen molar-refractivity contribution in [3.63, 3.8) is 0 Å². The van der Waals surface area contributed by atoms with E-state index in [1.807, 2.05) is 13.8 Å².